The maximum absolute atomic E-state index is 10.6. The zero-order valence-electron chi connectivity index (χ0n) is 15.2. The van der Waals surface area contributed by atoms with Gasteiger partial charge in [-0.3, -0.25) is 0 Å². The number of aliphatic hydroxyl groups excluding tert-OH is 2. The molecule has 2 aromatic carbocycles. The molecule has 0 saturated carbocycles. The Bertz CT molecular complexity index is 770. The van der Waals surface area contributed by atoms with Crippen molar-refractivity contribution >= 4 is 0 Å². The number of hydrogen-bond acceptors (Lipinski definition) is 6. The SMILES string of the molecule is [N-]=[N+]=NC1O[C@H](CO)[C@@H](O)[C@H](OCc2ccccc2)[C@H]1OCc1ccccc1. The van der Waals surface area contributed by atoms with Gasteiger partial charge < -0.3 is 24.4 Å². The van der Waals surface area contributed by atoms with Crippen LogP contribution in [0.15, 0.2) is 65.8 Å². The van der Waals surface area contributed by atoms with E-state index in [1.54, 1.807) is 0 Å². The van der Waals surface area contributed by atoms with Crippen LogP contribution in [0.4, 0.5) is 0 Å². The molecule has 148 valence electrons. The van der Waals surface area contributed by atoms with Gasteiger partial charge in [0.25, 0.3) is 0 Å². The Kier molecular flexibility index (Phi) is 7.39. The molecule has 1 aliphatic heterocycles. The van der Waals surface area contributed by atoms with E-state index in [4.69, 9.17) is 19.7 Å². The van der Waals surface area contributed by atoms with Crippen molar-refractivity contribution < 1.29 is 24.4 Å². The minimum Gasteiger partial charge on any atom is -0.394 e. The van der Waals surface area contributed by atoms with Gasteiger partial charge in [-0.15, -0.1) is 0 Å². The van der Waals surface area contributed by atoms with E-state index in [1.165, 1.54) is 0 Å². The van der Waals surface area contributed by atoms with Crippen LogP contribution in [0, 0.1) is 0 Å². The first-order valence-electron chi connectivity index (χ1n) is 9.02. The largest absolute Gasteiger partial charge is 0.394 e. The Morgan fingerprint density at radius 3 is 1.96 bits per heavy atom. The topological polar surface area (TPSA) is 117 Å². The van der Waals surface area contributed by atoms with Gasteiger partial charge in [0.15, 0.2) is 6.23 Å². The molecule has 0 spiro atoms. The van der Waals surface area contributed by atoms with Crippen molar-refractivity contribution in [3.05, 3.63) is 82.2 Å². The van der Waals surface area contributed by atoms with Crippen molar-refractivity contribution in [2.24, 2.45) is 5.11 Å². The van der Waals surface area contributed by atoms with Gasteiger partial charge in [0.1, 0.15) is 24.4 Å². The molecule has 8 nitrogen and oxygen atoms in total. The van der Waals surface area contributed by atoms with Gasteiger partial charge in [0.05, 0.1) is 19.8 Å². The summed E-state index contributed by atoms with van der Waals surface area (Å²) in [6, 6.07) is 19.0. The summed E-state index contributed by atoms with van der Waals surface area (Å²) >= 11 is 0. The van der Waals surface area contributed by atoms with E-state index >= 15 is 0 Å². The highest BCUT2D eigenvalue weighted by molar-refractivity contribution is 5.14. The van der Waals surface area contributed by atoms with E-state index in [0.29, 0.717) is 0 Å². The first-order chi connectivity index (χ1) is 13.7. The number of nitrogens with zero attached hydrogens (tertiary/aromatic N) is 3. The predicted molar refractivity (Wildman–Crippen MR) is 101 cm³/mol. The highest BCUT2D eigenvalue weighted by Crippen LogP contribution is 2.28. The van der Waals surface area contributed by atoms with Crippen LogP contribution < -0.4 is 0 Å². The minimum atomic E-state index is -1.14. The molecule has 3 rings (SSSR count). The highest BCUT2D eigenvalue weighted by atomic mass is 16.6. The molecule has 1 heterocycles. The van der Waals surface area contributed by atoms with Crippen LogP contribution in [0.3, 0.4) is 0 Å². The third-order valence-corrected chi connectivity index (χ3v) is 4.55. The Morgan fingerprint density at radius 2 is 1.46 bits per heavy atom. The molecule has 1 saturated heterocycles. The van der Waals surface area contributed by atoms with Gasteiger partial charge in [-0.05, 0) is 16.7 Å². The molecule has 8 heteroatoms. The quantitative estimate of drug-likeness (QED) is 0.411. The fourth-order valence-corrected chi connectivity index (χ4v) is 3.10. The van der Waals surface area contributed by atoms with Gasteiger partial charge in [-0.1, -0.05) is 65.8 Å². The van der Waals surface area contributed by atoms with Crippen LogP contribution in [0.2, 0.25) is 0 Å². The number of rotatable bonds is 8. The fourth-order valence-electron chi connectivity index (χ4n) is 3.10. The summed E-state index contributed by atoms with van der Waals surface area (Å²) in [7, 11) is 0. The van der Waals surface area contributed by atoms with Gasteiger partial charge in [-0.25, -0.2) is 0 Å². The molecule has 5 atom stereocenters. The molecule has 1 unspecified atom stereocenters. The van der Waals surface area contributed by atoms with Crippen molar-refractivity contribution in [2.75, 3.05) is 6.61 Å². The third kappa shape index (κ3) is 5.08. The maximum atomic E-state index is 10.6. The average Bonchev–Trinajstić information content (AvgIpc) is 2.74. The van der Waals surface area contributed by atoms with Crippen LogP contribution >= 0.6 is 0 Å². The second kappa shape index (κ2) is 10.2. The Hall–Kier alpha value is -2.45. The fraction of sp³-hybridized carbons (Fsp3) is 0.400. The summed E-state index contributed by atoms with van der Waals surface area (Å²) in [4.78, 5) is 2.81. The predicted octanol–water partition coefficient (Wildman–Crippen LogP) is 2.55. The summed E-state index contributed by atoms with van der Waals surface area (Å²) in [5.74, 6) is 0. The summed E-state index contributed by atoms with van der Waals surface area (Å²) in [6.45, 7) is 0.0259. The number of aliphatic hydroxyl groups is 2. The smallest absolute Gasteiger partial charge is 0.165 e. The molecule has 1 aliphatic rings. The van der Waals surface area contributed by atoms with Crippen molar-refractivity contribution in [1.82, 2.24) is 0 Å². The molecule has 0 aromatic heterocycles. The Morgan fingerprint density at radius 1 is 0.929 bits per heavy atom. The monoisotopic (exact) mass is 385 g/mol. The van der Waals surface area contributed by atoms with E-state index in [1.807, 2.05) is 60.7 Å². The average molecular weight is 385 g/mol. The van der Waals surface area contributed by atoms with Crippen molar-refractivity contribution in [1.29, 1.82) is 0 Å². The van der Waals surface area contributed by atoms with E-state index in [2.05, 4.69) is 10.0 Å². The van der Waals surface area contributed by atoms with Gasteiger partial charge in [-0.2, -0.15) is 0 Å². The number of benzene rings is 2. The zero-order chi connectivity index (χ0) is 19.8. The molecular formula is C20H23N3O5. The molecule has 2 aromatic rings. The van der Waals surface area contributed by atoms with E-state index in [-0.39, 0.29) is 13.2 Å². The molecule has 0 aliphatic carbocycles. The van der Waals surface area contributed by atoms with Crippen molar-refractivity contribution in [3.8, 4) is 0 Å². The number of azide groups is 1. The van der Waals surface area contributed by atoms with Crippen LogP contribution in [-0.4, -0.2) is 47.5 Å². The lowest BCUT2D eigenvalue weighted by Gasteiger charge is -2.42. The van der Waals surface area contributed by atoms with E-state index in [9.17, 15) is 10.2 Å². The van der Waals surface area contributed by atoms with Crippen molar-refractivity contribution in [2.45, 2.75) is 43.9 Å². The summed E-state index contributed by atoms with van der Waals surface area (Å²) in [5, 5.41) is 23.8. The number of hydrogen-bond donors (Lipinski definition) is 2. The molecule has 0 bridgehead atoms. The summed E-state index contributed by atoms with van der Waals surface area (Å²) in [6.07, 6.45) is -4.79. The van der Waals surface area contributed by atoms with Crippen LogP contribution in [0.5, 0.6) is 0 Å². The molecule has 28 heavy (non-hydrogen) atoms. The zero-order valence-corrected chi connectivity index (χ0v) is 15.2. The van der Waals surface area contributed by atoms with Crippen LogP contribution in [-0.2, 0) is 27.4 Å². The van der Waals surface area contributed by atoms with Gasteiger partial charge in [0.2, 0.25) is 0 Å². The summed E-state index contributed by atoms with van der Waals surface area (Å²) in [5.41, 5.74) is 10.7. The standard InChI is InChI=1S/C20H23N3O5/c21-23-22-20-19(27-13-15-9-5-2-6-10-15)18(17(25)16(11-24)28-20)26-12-14-7-3-1-4-8-14/h1-10,16-20,24-25H,11-13H2/t16-,17-,18+,19-,20?/m1/s1. The number of ether oxygens (including phenoxy) is 3. The minimum absolute atomic E-state index is 0.230. The van der Waals surface area contributed by atoms with E-state index < -0.39 is 37.3 Å². The van der Waals surface area contributed by atoms with Crippen molar-refractivity contribution in [3.63, 3.8) is 0 Å². The Labute approximate surface area is 162 Å². The first kappa shape index (κ1) is 20.3. The Balaban J connectivity index is 1.78. The molecule has 0 radical (unpaired) electrons. The van der Waals surface area contributed by atoms with E-state index in [0.717, 1.165) is 11.1 Å². The lowest BCUT2D eigenvalue weighted by Crippen LogP contribution is -2.59. The maximum Gasteiger partial charge on any atom is 0.165 e. The second-order valence-corrected chi connectivity index (χ2v) is 6.47. The van der Waals surface area contributed by atoms with Gasteiger partial charge >= 0.3 is 0 Å². The first-order valence-corrected chi connectivity index (χ1v) is 9.02. The lowest BCUT2D eigenvalue weighted by molar-refractivity contribution is -0.256. The highest BCUT2D eigenvalue weighted by Gasteiger charge is 2.46. The molecular weight excluding hydrogens is 362 g/mol. The summed E-state index contributed by atoms with van der Waals surface area (Å²) < 4.78 is 17.4. The lowest BCUT2D eigenvalue weighted by atomic mass is 9.98. The molecule has 1 fully saturated rings. The molecule has 0 amide bonds. The van der Waals surface area contributed by atoms with Crippen LogP contribution in [0.1, 0.15) is 11.1 Å². The van der Waals surface area contributed by atoms with Crippen LogP contribution in [0.25, 0.3) is 10.4 Å². The normalized spacial score (nSPS) is 27.1. The second-order valence-electron chi connectivity index (χ2n) is 6.47. The molecule has 2 N–H and O–H groups in total. The van der Waals surface area contributed by atoms with Gasteiger partial charge in [0, 0.05) is 4.91 Å². The third-order valence-electron chi connectivity index (χ3n) is 4.55.